The third-order valence-corrected chi connectivity index (χ3v) is 23.5. The van der Waals surface area contributed by atoms with Gasteiger partial charge in [-0.15, -0.1) is 0 Å². The van der Waals surface area contributed by atoms with Gasteiger partial charge in [0.2, 0.25) is 0 Å². The number of hydrogen-bond acceptors (Lipinski definition) is 22. The molecule has 3 aromatic carbocycles. The van der Waals surface area contributed by atoms with Crippen molar-refractivity contribution in [1.82, 2.24) is 87.9 Å². The van der Waals surface area contributed by atoms with Crippen molar-refractivity contribution in [1.29, 1.82) is 0 Å². The molecule has 0 saturated heterocycles. The summed E-state index contributed by atoms with van der Waals surface area (Å²) in [6, 6.07) is 53.2. The molecule has 1 fully saturated rings. The van der Waals surface area contributed by atoms with E-state index in [0.29, 0.717) is 76.3 Å². The Kier molecular flexibility index (Phi) is 26.5. The van der Waals surface area contributed by atoms with E-state index in [1.807, 2.05) is 150 Å². The van der Waals surface area contributed by atoms with Crippen molar-refractivity contribution in [2.24, 2.45) is 0 Å². The summed E-state index contributed by atoms with van der Waals surface area (Å²) in [4.78, 5) is 35.0. The number of hydrogen-bond donors (Lipinski definition) is 6. The Bertz CT molecular complexity index is 7170. The molecule has 126 heavy (non-hydrogen) atoms. The zero-order chi connectivity index (χ0) is 86.6. The molecule has 17 heterocycles. The predicted octanol–water partition coefficient (Wildman–Crippen LogP) is 19.9. The number of anilines is 5. The van der Waals surface area contributed by atoms with Crippen LogP contribution in [0.25, 0.3) is 84.7 Å². The lowest BCUT2D eigenvalue weighted by molar-refractivity contribution is -0.606. The molecule has 0 radical (unpaired) electrons. The molecule has 6 N–H and O–H groups in total. The average molecular weight is 2040 g/mol. The fourth-order valence-corrected chi connectivity index (χ4v) is 16.1. The largest absolute Gasteiger partial charge is 0.619 e. The molecular weight excluding hydrogens is 1970 g/mol. The first-order chi connectivity index (χ1) is 61.5. The number of benzene rings is 3. The molecule has 1 saturated carbocycles. The van der Waals surface area contributed by atoms with Gasteiger partial charge in [-0.25, -0.2) is 29.9 Å². The summed E-state index contributed by atoms with van der Waals surface area (Å²) in [6.45, 7) is 2.80. The molecule has 0 amide bonds. The molecule has 1 aliphatic carbocycles. The summed E-state index contributed by atoms with van der Waals surface area (Å²) in [7, 11) is 0. The van der Waals surface area contributed by atoms with Crippen molar-refractivity contribution < 1.29 is 23.0 Å². The topological polar surface area (TPSA) is 360 Å². The Morgan fingerprint density at radius 2 is 0.841 bits per heavy atom. The van der Waals surface area contributed by atoms with Gasteiger partial charge in [0.25, 0.3) is 0 Å². The molecule has 632 valence electrons. The highest BCUT2D eigenvalue weighted by atomic mass is 79.9. The Balaban J connectivity index is 0.000000111. The Labute approximate surface area is 769 Å². The van der Waals surface area contributed by atoms with E-state index >= 15 is 0 Å². The highest BCUT2D eigenvalue weighted by Gasteiger charge is 2.23. The van der Waals surface area contributed by atoms with Crippen LogP contribution in [0.1, 0.15) is 71.5 Å². The monoisotopic (exact) mass is 2040 g/mol. The van der Waals surface area contributed by atoms with Crippen molar-refractivity contribution >= 4 is 171 Å². The lowest BCUT2D eigenvalue weighted by Gasteiger charge is -2.22. The number of nitrogens with zero attached hydrogens (tertiary/aromatic N) is 20. The maximum atomic E-state index is 11.4. The summed E-state index contributed by atoms with van der Waals surface area (Å²) in [5.41, 5.74) is 16.5. The highest BCUT2D eigenvalue weighted by Crippen LogP contribution is 2.37. The molecule has 0 spiro atoms. The molecular formula is C88H71Br5Cl2N26O5. The zero-order valence-corrected chi connectivity index (χ0v) is 75.6. The average Bonchev–Trinajstić information content (AvgIpc) is 1.59. The van der Waals surface area contributed by atoms with Gasteiger partial charge in [-0.2, -0.15) is 62.3 Å². The summed E-state index contributed by atoms with van der Waals surface area (Å²) in [5, 5.41) is 74.3. The maximum Gasteiger partial charge on any atom is 0.185 e. The molecule has 20 aromatic rings. The first-order valence-electron chi connectivity index (χ1n) is 39.3. The van der Waals surface area contributed by atoms with Gasteiger partial charge in [0.05, 0.1) is 94.6 Å². The number of furan rings is 2. The van der Waals surface area contributed by atoms with E-state index in [-0.39, 0.29) is 0 Å². The van der Waals surface area contributed by atoms with Crippen LogP contribution in [0, 0.1) is 15.6 Å². The Morgan fingerprint density at radius 3 is 1.30 bits per heavy atom. The third-order valence-electron chi connectivity index (χ3n) is 20.1. The van der Waals surface area contributed by atoms with Crippen molar-refractivity contribution in [2.45, 2.75) is 70.7 Å². The minimum Gasteiger partial charge on any atom is -0.619 e. The number of H-pyrrole nitrogens is 1. The standard InChI is InChI=1S/C20H21BrN6.2C18H13BrClN5O.C16H12BrN5O2.C16H12BrN5O/c21-15-11-25-27-19(9-17(26-20(15)27)14-4-2-1-3-5-14)22-10-13-6-7-16-18(8-13)24-12-23-16;19-15-10-22-25-17(21-9-12-2-1-7-24(26)11-12)8-16(23-18(15)25)13-3-5-14(20)6-4-13;19-14-10-22-25-17(21-9-12-4-3-7-24(26)11-12)8-16(23-18(14)25)13-5-1-2-6-15(13)20;17-12-9-19-22-15(18-8-11-3-1-5-21(23)10-11)7-13(20-16(12)22)14-4-2-6-24-14;17-12-10-20-22-15(19-9-11-3-1-5-18-8-11)7-13(21-16(12)22)14-4-2-6-23-14/h6-9,11-12,14,22H,1-5,10H2,(H,23,24);2*1-8,10-11,21H,9H2;1-7,9-10,18H,8H2;1-8,10,19H,9H2. The SMILES string of the molecule is Brc1cnn2c(NCc3ccc4nc[nH]c4c3)cc(C3CCCCC3)nc12.Brc1cnn2c(NCc3cccnc3)cc(-c3ccco3)nc12.[O-][n+]1cccc(CNc2cc(-c3ccc(Cl)cc3)nc3c(Br)cnn23)c1.[O-][n+]1cccc(CNc2cc(-c3ccccc3Cl)nc3c(Br)cnn23)c1.[O-][n+]1cccc(CNc2cc(-c3ccco3)nc3c(Br)cnn23)c1. The van der Waals surface area contributed by atoms with Crippen molar-refractivity contribution in [3.05, 3.63) is 351 Å². The van der Waals surface area contributed by atoms with Crippen LogP contribution in [0.4, 0.5) is 29.1 Å². The van der Waals surface area contributed by atoms with Crippen LogP contribution in [-0.4, -0.2) is 87.9 Å². The van der Waals surface area contributed by atoms with Crippen molar-refractivity contribution in [2.75, 3.05) is 26.6 Å². The fourth-order valence-electron chi connectivity index (χ4n) is 14.0. The Hall–Kier alpha value is -13.2. The number of rotatable bonds is 20. The second-order valence-corrected chi connectivity index (χ2v) is 33.8. The molecule has 0 atom stereocenters. The van der Waals surface area contributed by atoms with E-state index in [1.165, 1.54) is 80.5 Å². The number of pyridine rings is 4. The van der Waals surface area contributed by atoms with E-state index in [0.717, 1.165) is 145 Å². The van der Waals surface area contributed by atoms with Crippen LogP contribution >= 0.6 is 103 Å². The Morgan fingerprint density at radius 1 is 0.413 bits per heavy atom. The van der Waals surface area contributed by atoms with E-state index in [9.17, 15) is 15.6 Å². The van der Waals surface area contributed by atoms with E-state index in [2.05, 4.69) is 185 Å². The minimum atomic E-state index is 0.474. The fraction of sp³-hybridized carbons (Fsp3) is 0.125. The number of imidazole rings is 1. The summed E-state index contributed by atoms with van der Waals surface area (Å²) >= 11 is 29.8. The normalized spacial score (nSPS) is 12.0. The number of nitrogens with one attached hydrogen (secondary N) is 6. The van der Waals surface area contributed by atoms with Crippen LogP contribution in [0.5, 0.6) is 0 Å². The number of aromatic nitrogens is 21. The van der Waals surface area contributed by atoms with Crippen LogP contribution < -0.4 is 40.8 Å². The van der Waals surface area contributed by atoms with E-state index in [4.69, 9.17) is 37.0 Å². The van der Waals surface area contributed by atoms with Crippen LogP contribution in [0.2, 0.25) is 10.0 Å². The van der Waals surface area contributed by atoms with E-state index < -0.39 is 0 Å². The van der Waals surface area contributed by atoms with Gasteiger partial charge in [-0.1, -0.05) is 84.9 Å². The molecule has 0 aliphatic heterocycles. The summed E-state index contributed by atoms with van der Waals surface area (Å²) in [6.07, 6.45) is 32.5. The molecule has 38 heteroatoms. The quantitative estimate of drug-likeness (QED) is 0.0305. The first-order valence-corrected chi connectivity index (χ1v) is 44.1. The van der Waals surface area contributed by atoms with Crippen LogP contribution in [0.3, 0.4) is 0 Å². The van der Waals surface area contributed by atoms with Gasteiger partial charge >= 0.3 is 0 Å². The minimum absolute atomic E-state index is 0.474. The number of aromatic amines is 1. The molecule has 17 aromatic heterocycles. The molecule has 21 rings (SSSR count). The summed E-state index contributed by atoms with van der Waals surface area (Å²) < 4.78 is 26.1. The molecule has 0 bridgehead atoms. The van der Waals surface area contributed by atoms with Gasteiger partial charge in [0.15, 0.2) is 76.9 Å². The second kappa shape index (κ2) is 39.3. The third kappa shape index (κ3) is 20.2. The predicted molar refractivity (Wildman–Crippen MR) is 499 cm³/mol. The van der Waals surface area contributed by atoms with Gasteiger partial charge in [-0.3, -0.25) is 4.98 Å². The first kappa shape index (κ1) is 85.0. The summed E-state index contributed by atoms with van der Waals surface area (Å²) in [5.74, 6) is 6.01. The number of fused-ring (bicyclic) bond motifs is 6. The van der Waals surface area contributed by atoms with Crippen LogP contribution in [0.15, 0.2) is 300 Å². The lowest BCUT2D eigenvalue weighted by Crippen LogP contribution is -2.25. The van der Waals surface area contributed by atoms with E-state index in [1.54, 1.807) is 86.1 Å². The highest BCUT2D eigenvalue weighted by molar-refractivity contribution is 9.11. The van der Waals surface area contributed by atoms with Crippen LogP contribution in [-0.2, 0) is 32.7 Å². The van der Waals surface area contributed by atoms with Gasteiger partial charge in [-0.05, 0) is 182 Å². The number of halogens is 7. The van der Waals surface area contributed by atoms with Crippen molar-refractivity contribution in [3.63, 3.8) is 0 Å². The smallest absolute Gasteiger partial charge is 0.185 e. The molecule has 1 aliphatic rings. The van der Waals surface area contributed by atoms with Gasteiger partial charge < -0.3 is 56.0 Å². The van der Waals surface area contributed by atoms with Gasteiger partial charge in [0, 0.05) is 143 Å². The van der Waals surface area contributed by atoms with Crippen molar-refractivity contribution in [3.8, 4) is 45.4 Å². The second-order valence-electron chi connectivity index (χ2n) is 28.7. The van der Waals surface area contributed by atoms with Gasteiger partial charge in [0.1, 0.15) is 40.5 Å². The maximum absolute atomic E-state index is 11.4. The molecule has 0 unspecified atom stereocenters. The zero-order valence-electron chi connectivity index (χ0n) is 66.2. The lowest BCUT2D eigenvalue weighted by atomic mass is 9.87. The molecule has 31 nitrogen and oxygen atoms in total.